The lowest BCUT2D eigenvalue weighted by Gasteiger charge is -2.37. The van der Waals surface area contributed by atoms with Crippen molar-refractivity contribution in [2.75, 3.05) is 6.54 Å². The molecule has 1 saturated heterocycles. The molecule has 5 nitrogen and oxygen atoms in total. The summed E-state index contributed by atoms with van der Waals surface area (Å²) in [5, 5.41) is 8.99. The summed E-state index contributed by atoms with van der Waals surface area (Å²) in [6.07, 6.45) is 2.63. The van der Waals surface area contributed by atoms with Crippen LogP contribution in [-0.4, -0.2) is 31.4 Å². The fraction of sp³-hybridized carbons (Fsp3) is 0.533. The fourth-order valence-corrected chi connectivity index (χ4v) is 4.86. The van der Waals surface area contributed by atoms with E-state index in [-0.39, 0.29) is 17.0 Å². The second kappa shape index (κ2) is 6.14. The Morgan fingerprint density at radius 2 is 2.14 bits per heavy atom. The van der Waals surface area contributed by atoms with Gasteiger partial charge in [-0.2, -0.15) is 9.57 Å². The second-order valence-corrected chi connectivity index (χ2v) is 7.49. The molecular formula is C15H21N3O2S. The van der Waals surface area contributed by atoms with Crippen molar-refractivity contribution < 1.29 is 8.42 Å². The third-order valence-corrected chi connectivity index (χ3v) is 6.08. The van der Waals surface area contributed by atoms with Crippen LogP contribution in [0.1, 0.15) is 37.3 Å². The Labute approximate surface area is 126 Å². The van der Waals surface area contributed by atoms with E-state index in [2.05, 4.69) is 0 Å². The highest BCUT2D eigenvalue weighted by Gasteiger charge is 2.36. The predicted molar refractivity (Wildman–Crippen MR) is 81.1 cm³/mol. The third kappa shape index (κ3) is 3.10. The first-order valence-corrected chi connectivity index (χ1v) is 8.60. The van der Waals surface area contributed by atoms with Crippen LogP contribution < -0.4 is 5.73 Å². The van der Waals surface area contributed by atoms with E-state index in [1.807, 2.05) is 13.0 Å². The molecule has 0 radical (unpaired) electrons. The number of sulfonamides is 1. The van der Waals surface area contributed by atoms with Crippen molar-refractivity contribution in [2.45, 2.75) is 50.1 Å². The summed E-state index contributed by atoms with van der Waals surface area (Å²) in [4.78, 5) is 0.217. The van der Waals surface area contributed by atoms with Crippen LogP contribution in [0, 0.1) is 18.3 Å². The predicted octanol–water partition coefficient (Wildman–Crippen LogP) is 1.76. The maximum Gasteiger partial charge on any atom is 0.243 e. The first-order chi connectivity index (χ1) is 9.87. The molecule has 0 spiro atoms. The highest BCUT2D eigenvalue weighted by atomic mass is 32.2. The Balaban J connectivity index is 2.48. The zero-order chi connectivity index (χ0) is 15.6. The van der Waals surface area contributed by atoms with E-state index in [0.29, 0.717) is 17.7 Å². The third-order valence-electron chi connectivity index (χ3n) is 4.01. The zero-order valence-corrected chi connectivity index (χ0v) is 13.2. The summed E-state index contributed by atoms with van der Waals surface area (Å²) in [5.74, 6) is 0. The number of rotatable bonds is 3. The van der Waals surface area contributed by atoms with Crippen molar-refractivity contribution in [1.82, 2.24) is 4.31 Å². The van der Waals surface area contributed by atoms with Crippen molar-refractivity contribution in [3.8, 4) is 6.07 Å². The number of benzene rings is 1. The molecule has 21 heavy (non-hydrogen) atoms. The topological polar surface area (TPSA) is 87.2 Å². The van der Waals surface area contributed by atoms with E-state index in [0.717, 1.165) is 19.3 Å². The van der Waals surface area contributed by atoms with Crippen LogP contribution in [0.25, 0.3) is 0 Å². The van der Waals surface area contributed by atoms with E-state index >= 15 is 0 Å². The molecule has 0 aromatic heterocycles. The van der Waals surface area contributed by atoms with Gasteiger partial charge in [-0.15, -0.1) is 0 Å². The standard InChI is InChI=1S/C15H21N3O2S/c1-11-6-7-13(10-16)9-15(11)21(19,20)18-8-4-3-5-14(18)12(2)17/h6-7,9,12,14H,3-5,8,17H2,1-2H3/t12-,14+/m1/s1. The van der Waals surface area contributed by atoms with Gasteiger partial charge in [-0.25, -0.2) is 8.42 Å². The quantitative estimate of drug-likeness (QED) is 0.921. The zero-order valence-electron chi connectivity index (χ0n) is 12.4. The molecule has 2 N–H and O–H groups in total. The smallest absolute Gasteiger partial charge is 0.243 e. The number of aryl methyl sites for hydroxylation is 1. The Hall–Kier alpha value is -1.42. The average Bonchev–Trinajstić information content (AvgIpc) is 2.47. The van der Waals surface area contributed by atoms with Crippen molar-refractivity contribution in [1.29, 1.82) is 5.26 Å². The lowest BCUT2D eigenvalue weighted by Crippen LogP contribution is -2.51. The van der Waals surface area contributed by atoms with Gasteiger partial charge in [0.1, 0.15) is 0 Å². The molecule has 1 aliphatic rings. The average molecular weight is 307 g/mol. The van der Waals surface area contributed by atoms with Gasteiger partial charge in [0.15, 0.2) is 0 Å². The van der Waals surface area contributed by atoms with Gasteiger partial charge in [0.2, 0.25) is 10.0 Å². The molecule has 0 unspecified atom stereocenters. The highest BCUT2D eigenvalue weighted by molar-refractivity contribution is 7.89. The molecule has 1 aliphatic heterocycles. The molecular weight excluding hydrogens is 286 g/mol. The van der Waals surface area contributed by atoms with E-state index in [1.165, 1.54) is 10.4 Å². The van der Waals surface area contributed by atoms with E-state index in [9.17, 15) is 8.42 Å². The van der Waals surface area contributed by atoms with Gasteiger partial charge in [0.05, 0.1) is 16.5 Å². The normalized spacial score (nSPS) is 21.7. The van der Waals surface area contributed by atoms with Crippen LogP contribution in [0.2, 0.25) is 0 Å². The van der Waals surface area contributed by atoms with Gasteiger partial charge in [0.25, 0.3) is 0 Å². The van der Waals surface area contributed by atoms with E-state index < -0.39 is 10.0 Å². The number of hydrogen-bond acceptors (Lipinski definition) is 4. The maximum absolute atomic E-state index is 13.0. The van der Waals surface area contributed by atoms with Crippen LogP contribution in [0.15, 0.2) is 23.1 Å². The first-order valence-electron chi connectivity index (χ1n) is 7.16. The van der Waals surface area contributed by atoms with Gasteiger partial charge in [-0.3, -0.25) is 0 Å². The molecule has 1 aromatic carbocycles. The number of piperidine rings is 1. The van der Waals surface area contributed by atoms with Crippen molar-refractivity contribution in [3.05, 3.63) is 29.3 Å². The Morgan fingerprint density at radius 1 is 1.43 bits per heavy atom. The minimum absolute atomic E-state index is 0.172. The molecule has 1 heterocycles. The van der Waals surface area contributed by atoms with Gasteiger partial charge in [-0.1, -0.05) is 12.5 Å². The summed E-state index contributed by atoms with van der Waals surface area (Å²) in [7, 11) is -3.62. The first kappa shape index (κ1) is 16.0. The lowest BCUT2D eigenvalue weighted by atomic mass is 10.00. The number of nitrogens with zero attached hydrogens (tertiary/aromatic N) is 2. The summed E-state index contributed by atoms with van der Waals surface area (Å²) in [5.41, 5.74) is 6.98. The summed E-state index contributed by atoms with van der Waals surface area (Å²) >= 11 is 0. The molecule has 2 rings (SSSR count). The van der Waals surface area contributed by atoms with E-state index in [4.69, 9.17) is 11.0 Å². The van der Waals surface area contributed by atoms with E-state index in [1.54, 1.807) is 19.1 Å². The molecule has 2 atom stereocenters. The highest BCUT2D eigenvalue weighted by Crippen LogP contribution is 2.28. The summed E-state index contributed by atoms with van der Waals surface area (Å²) in [6.45, 7) is 4.08. The molecule has 0 bridgehead atoms. The van der Waals surface area contributed by atoms with Crippen LogP contribution in [0.4, 0.5) is 0 Å². The van der Waals surface area contributed by atoms with Crippen LogP contribution in [0.5, 0.6) is 0 Å². The SMILES string of the molecule is Cc1ccc(C#N)cc1S(=O)(=O)N1CCCC[C@H]1[C@@H](C)N. The Morgan fingerprint density at radius 3 is 2.76 bits per heavy atom. The van der Waals surface area contributed by atoms with Gasteiger partial charge in [-0.05, 0) is 44.4 Å². The number of nitrogens with two attached hydrogens (primary N) is 1. The maximum atomic E-state index is 13.0. The summed E-state index contributed by atoms with van der Waals surface area (Å²) in [6, 6.07) is 6.38. The molecule has 0 aliphatic carbocycles. The fourth-order valence-electron chi connectivity index (χ4n) is 2.83. The van der Waals surface area contributed by atoms with Crippen molar-refractivity contribution in [3.63, 3.8) is 0 Å². The number of nitriles is 1. The Bertz CT molecular complexity index is 662. The molecule has 1 aromatic rings. The lowest BCUT2D eigenvalue weighted by molar-refractivity contribution is 0.227. The van der Waals surface area contributed by atoms with Crippen molar-refractivity contribution in [2.24, 2.45) is 5.73 Å². The minimum atomic E-state index is -3.62. The van der Waals surface area contributed by atoms with Crippen LogP contribution in [-0.2, 0) is 10.0 Å². The van der Waals surface area contributed by atoms with Crippen LogP contribution >= 0.6 is 0 Å². The monoisotopic (exact) mass is 307 g/mol. The van der Waals surface area contributed by atoms with Gasteiger partial charge >= 0.3 is 0 Å². The largest absolute Gasteiger partial charge is 0.326 e. The van der Waals surface area contributed by atoms with Crippen molar-refractivity contribution >= 4 is 10.0 Å². The molecule has 6 heteroatoms. The van der Waals surface area contributed by atoms with Gasteiger partial charge in [0, 0.05) is 18.6 Å². The summed E-state index contributed by atoms with van der Waals surface area (Å²) < 4.78 is 27.4. The van der Waals surface area contributed by atoms with Gasteiger partial charge < -0.3 is 5.73 Å². The molecule has 114 valence electrons. The van der Waals surface area contributed by atoms with Crippen LogP contribution in [0.3, 0.4) is 0 Å². The Kier molecular flexibility index (Phi) is 4.67. The number of hydrogen-bond donors (Lipinski definition) is 1. The molecule has 0 saturated carbocycles. The molecule has 1 fully saturated rings. The minimum Gasteiger partial charge on any atom is -0.326 e. The second-order valence-electron chi connectivity index (χ2n) is 5.63. The molecule has 0 amide bonds.